The van der Waals surface area contributed by atoms with Crippen molar-refractivity contribution in [1.29, 1.82) is 0 Å². The highest BCUT2D eigenvalue weighted by Crippen LogP contribution is 2.25. The van der Waals surface area contributed by atoms with Crippen LogP contribution in [-0.2, 0) is 9.59 Å². The zero-order chi connectivity index (χ0) is 12.7. The third-order valence-corrected chi connectivity index (χ3v) is 2.49. The molecule has 0 saturated carbocycles. The van der Waals surface area contributed by atoms with Crippen LogP contribution in [0.2, 0.25) is 0 Å². The van der Waals surface area contributed by atoms with Crippen LogP contribution in [0.1, 0.15) is 32.6 Å². The highest BCUT2D eigenvalue weighted by Gasteiger charge is 2.24. The third kappa shape index (κ3) is 4.29. The fourth-order valence-electron chi connectivity index (χ4n) is 1.46. The molecule has 16 heavy (non-hydrogen) atoms. The van der Waals surface area contributed by atoms with Gasteiger partial charge < -0.3 is 10.2 Å². The standard InChI is InChI=1S/C12H18O4/c1-4-5-6-7-10(8(2)11(13)14)9(3)12(15)16/h10H,2-7H2,1H3,(H,13,14)(H,15,16). The van der Waals surface area contributed by atoms with Crippen LogP contribution in [0.3, 0.4) is 0 Å². The van der Waals surface area contributed by atoms with Crippen LogP contribution in [0, 0.1) is 5.92 Å². The van der Waals surface area contributed by atoms with Crippen LogP contribution in [0.25, 0.3) is 0 Å². The SMILES string of the molecule is C=C(C(=O)O)C(CCCCC)C(=C)C(=O)O. The zero-order valence-corrected chi connectivity index (χ0v) is 9.53. The molecule has 0 amide bonds. The maximum absolute atomic E-state index is 10.8. The van der Waals surface area contributed by atoms with Crippen molar-refractivity contribution < 1.29 is 19.8 Å². The summed E-state index contributed by atoms with van der Waals surface area (Å²) >= 11 is 0. The monoisotopic (exact) mass is 226 g/mol. The highest BCUT2D eigenvalue weighted by molar-refractivity contribution is 5.93. The van der Waals surface area contributed by atoms with Gasteiger partial charge in [-0.3, -0.25) is 0 Å². The first-order valence-corrected chi connectivity index (χ1v) is 5.26. The highest BCUT2D eigenvalue weighted by atomic mass is 16.4. The molecule has 0 aromatic carbocycles. The first kappa shape index (κ1) is 14.4. The molecular weight excluding hydrogens is 208 g/mol. The topological polar surface area (TPSA) is 74.6 Å². The average Bonchev–Trinajstić information content (AvgIpc) is 2.22. The number of hydrogen-bond donors (Lipinski definition) is 2. The molecule has 0 spiro atoms. The van der Waals surface area contributed by atoms with Gasteiger partial charge in [0.1, 0.15) is 0 Å². The van der Waals surface area contributed by atoms with Crippen molar-refractivity contribution in [2.45, 2.75) is 32.6 Å². The third-order valence-electron chi connectivity index (χ3n) is 2.49. The molecule has 4 nitrogen and oxygen atoms in total. The molecule has 0 radical (unpaired) electrons. The minimum atomic E-state index is -1.16. The van der Waals surface area contributed by atoms with Crippen LogP contribution >= 0.6 is 0 Å². The molecule has 0 fully saturated rings. The molecule has 0 aromatic heterocycles. The Hall–Kier alpha value is -1.58. The van der Waals surface area contributed by atoms with Crippen LogP contribution < -0.4 is 0 Å². The van der Waals surface area contributed by atoms with Gasteiger partial charge in [0.2, 0.25) is 0 Å². The molecule has 0 unspecified atom stereocenters. The van der Waals surface area contributed by atoms with Crippen LogP contribution in [0.5, 0.6) is 0 Å². The van der Waals surface area contributed by atoms with E-state index >= 15 is 0 Å². The Balaban J connectivity index is 4.63. The fraction of sp³-hybridized carbons (Fsp3) is 0.500. The number of rotatable bonds is 8. The van der Waals surface area contributed by atoms with Crippen LogP contribution in [-0.4, -0.2) is 22.2 Å². The Bertz CT molecular complexity index is 278. The Labute approximate surface area is 95.3 Å². The second-order valence-electron chi connectivity index (χ2n) is 3.71. The summed E-state index contributed by atoms with van der Waals surface area (Å²) in [6.45, 7) is 8.85. The van der Waals surface area contributed by atoms with Crippen molar-refractivity contribution in [3.8, 4) is 0 Å². The summed E-state index contributed by atoms with van der Waals surface area (Å²) in [5.41, 5.74) is -0.188. The summed E-state index contributed by atoms with van der Waals surface area (Å²) < 4.78 is 0. The van der Waals surface area contributed by atoms with Gasteiger partial charge in [0.25, 0.3) is 0 Å². The lowest BCUT2D eigenvalue weighted by molar-refractivity contribution is -0.133. The van der Waals surface area contributed by atoms with E-state index in [-0.39, 0.29) is 11.1 Å². The number of hydrogen-bond acceptors (Lipinski definition) is 2. The minimum absolute atomic E-state index is 0.0940. The minimum Gasteiger partial charge on any atom is -0.478 e. The van der Waals surface area contributed by atoms with Gasteiger partial charge in [-0.25, -0.2) is 9.59 Å². The Kier molecular flexibility index (Phi) is 6.15. The Morgan fingerprint density at radius 1 is 1.06 bits per heavy atom. The van der Waals surface area contributed by atoms with Crippen LogP contribution in [0.4, 0.5) is 0 Å². The summed E-state index contributed by atoms with van der Waals surface area (Å²) in [5.74, 6) is -2.99. The van der Waals surface area contributed by atoms with E-state index in [1.165, 1.54) is 0 Å². The second-order valence-corrected chi connectivity index (χ2v) is 3.71. The van der Waals surface area contributed by atoms with E-state index in [2.05, 4.69) is 13.2 Å². The molecule has 0 rings (SSSR count). The predicted octanol–water partition coefficient (Wildman–Crippen LogP) is 2.46. The number of carboxylic acid groups (broad SMARTS) is 2. The Morgan fingerprint density at radius 3 is 1.81 bits per heavy atom. The summed E-state index contributed by atoms with van der Waals surface area (Å²) in [7, 11) is 0. The quantitative estimate of drug-likeness (QED) is 0.492. The normalized spacial score (nSPS) is 10.1. The maximum Gasteiger partial charge on any atom is 0.331 e. The van der Waals surface area contributed by atoms with E-state index in [0.29, 0.717) is 6.42 Å². The molecule has 0 heterocycles. The molecule has 0 aliphatic carbocycles. The molecule has 4 heteroatoms. The van der Waals surface area contributed by atoms with E-state index in [4.69, 9.17) is 10.2 Å². The number of carboxylic acids is 2. The number of unbranched alkanes of at least 4 members (excludes halogenated alkanes) is 2. The molecule has 0 aliphatic heterocycles. The second kappa shape index (κ2) is 6.82. The maximum atomic E-state index is 10.8. The molecule has 90 valence electrons. The Morgan fingerprint density at radius 2 is 1.50 bits per heavy atom. The first-order chi connectivity index (χ1) is 7.41. The van der Waals surface area contributed by atoms with Gasteiger partial charge in [-0.1, -0.05) is 39.3 Å². The van der Waals surface area contributed by atoms with Crippen molar-refractivity contribution in [2.75, 3.05) is 0 Å². The van der Waals surface area contributed by atoms with Crippen molar-refractivity contribution in [3.63, 3.8) is 0 Å². The van der Waals surface area contributed by atoms with E-state index in [0.717, 1.165) is 19.3 Å². The molecular formula is C12H18O4. The average molecular weight is 226 g/mol. The summed E-state index contributed by atoms with van der Waals surface area (Å²) in [4.78, 5) is 21.5. The summed E-state index contributed by atoms with van der Waals surface area (Å²) in [6.07, 6.45) is 3.19. The molecule has 0 aromatic rings. The van der Waals surface area contributed by atoms with Gasteiger partial charge in [-0.15, -0.1) is 0 Å². The molecule has 0 saturated heterocycles. The lowest BCUT2D eigenvalue weighted by Gasteiger charge is -2.16. The van der Waals surface area contributed by atoms with Gasteiger partial charge in [-0.2, -0.15) is 0 Å². The van der Waals surface area contributed by atoms with Gasteiger partial charge >= 0.3 is 11.9 Å². The lowest BCUT2D eigenvalue weighted by Crippen LogP contribution is -2.18. The van der Waals surface area contributed by atoms with Crippen LogP contribution in [0.15, 0.2) is 24.3 Å². The van der Waals surface area contributed by atoms with Crippen molar-refractivity contribution in [2.24, 2.45) is 5.92 Å². The van der Waals surface area contributed by atoms with Gasteiger partial charge in [0, 0.05) is 17.1 Å². The smallest absolute Gasteiger partial charge is 0.331 e. The van der Waals surface area contributed by atoms with E-state index < -0.39 is 17.9 Å². The van der Waals surface area contributed by atoms with Gasteiger partial charge in [0.05, 0.1) is 0 Å². The first-order valence-electron chi connectivity index (χ1n) is 5.26. The lowest BCUT2D eigenvalue weighted by atomic mass is 9.87. The summed E-state index contributed by atoms with van der Waals surface area (Å²) in [5, 5.41) is 17.6. The van der Waals surface area contributed by atoms with E-state index in [1.54, 1.807) is 0 Å². The molecule has 0 bridgehead atoms. The van der Waals surface area contributed by atoms with E-state index in [1.807, 2.05) is 6.92 Å². The van der Waals surface area contributed by atoms with Gasteiger partial charge in [-0.05, 0) is 6.42 Å². The molecule has 2 N–H and O–H groups in total. The number of aliphatic carboxylic acids is 2. The fourth-order valence-corrected chi connectivity index (χ4v) is 1.46. The van der Waals surface area contributed by atoms with Crippen molar-refractivity contribution >= 4 is 11.9 Å². The largest absolute Gasteiger partial charge is 0.478 e. The summed E-state index contributed by atoms with van der Waals surface area (Å²) in [6, 6.07) is 0. The molecule has 0 aliphatic rings. The van der Waals surface area contributed by atoms with E-state index in [9.17, 15) is 9.59 Å². The predicted molar refractivity (Wildman–Crippen MR) is 61.2 cm³/mol. The zero-order valence-electron chi connectivity index (χ0n) is 9.53. The van der Waals surface area contributed by atoms with Crippen molar-refractivity contribution in [3.05, 3.63) is 24.3 Å². The number of carbonyl (C=O) groups is 2. The molecule has 0 atom stereocenters. The van der Waals surface area contributed by atoms with Crippen molar-refractivity contribution in [1.82, 2.24) is 0 Å². The van der Waals surface area contributed by atoms with Gasteiger partial charge in [0.15, 0.2) is 0 Å².